The van der Waals surface area contributed by atoms with Crippen molar-refractivity contribution in [3.63, 3.8) is 0 Å². The Kier molecular flexibility index (Phi) is 3.65. The smallest absolute Gasteiger partial charge is 0.0581 e. The van der Waals surface area contributed by atoms with Crippen molar-refractivity contribution in [1.29, 1.82) is 0 Å². The van der Waals surface area contributed by atoms with Crippen molar-refractivity contribution in [3.05, 3.63) is 35.4 Å². The lowest BCUT2D eigenvalue weighted by Gasteiger charge is -2.18. The zero-order chi connectivity index (χ0) is 10.8. The number of hydrogen-bond donors (Lipinski definition) is 0. The molecule has 0 nitrogen and oxygen atoms in total. The third-order valence-electron chi connectivity index (χ3n) is 2.28. The van der Waals surface area contributed by atoms with Crippen molar-refractivity contribution in [2.75, 3.05) is 12.5 Å². The Bertz CT molecular complexity index is 277. The van der Waals surface area contributed by atoms with Gasteiger partial charge in [-0.15, -0.1) is 0 Å². The van der Waals surface area contributed by atoms with Crippen LogP contribution in [0, 0.1) is 0 Å². The molecule has 0 saturated heterocycles. The van der Waals surface area contributed by atoms with Gasteiger partial charge in [0, 0.05) is 5.56 Å². The molecule has 0 aromatic heterocycles. The molecule has 14 heavy (non-hydrogen) atoms. The number of benzene rings is 1. The van der Waals surface area contributed by atoms with Crippen LogP contribution in [0.3, 0.4) is 0 Å². The highest BCUT2D eigenvalue weighted by Gasteiger charge is 2.13. The van der Waals surface area contributed by atoms with Gasteiger partial charge in [0.25, 0.3) is 0 Å². The van der Waals surface area contributed by atoms with Gasteiger partial charge in [0.15, 0.2) is 0 Å². The van der Waals surface area contributed by atoms with Gasteiger partial charge in [-0.05, 0) is 21.9 Å². The molecule has 78 valence electrons. The fourth-order valence-corrected chi connectivity index (χ4v) is 2.29. The molecular weight excluding hydrogens is 188 g/mol. The lowest BCUT2D eigenvalue weighted by atomic mass is 9.87. The van der Waals surface area contributed by atoms with Crippen LogP contribution in [-0.2, 0) is 22.1 Å². The van der Waals surface area contributed by atoms with Crippen LogP contribution in [0.2, 0.25) is 0 Å². The van der Waals surface area contributed by atoms with Gasteiger partial charge in [-0.2, -0.15) is 0 Å². The maximum absolute atomic E-state index is 2.29. The van der Waals surface area contributed by atoms with Crippen molar-refractivity contribution in [2.45, 2.75) is 31.9 Å². The van der Waals surface area contributed by atoms with E-state index in [1.165, 1.54) is 16.9 Å². The fourth-order valence-electron chi connectivity index (χ4n) is 1.43. The Balaban J connectivity index is 2.79. The second-order valence-electron chi connectivity index (χ2n) is 5.08. The SMILES string of the molecule is C[S+](C)Cc1ccc(C(C)(C)C)cc1. The highest BCUT2D eigenvalue weighted by atomic mass is 32.2. The van der Waals surface area contributed by atoms with Crippen molar-refractivity contribution < 1.29 is 0 Å². The van der Waals surface area contributed by atoms with Crippen LogP contribution in [0.4, 0.5) is 0 Å². The van der Waals surface area contributed by atoms with Gasteiger partial charge >= 0.3 is 0 Å². The summed E-state index contributed by atoms with van der Waals surface area (Å²) in [6, 6.07) is 9.07. The van der Waals surface area contributed by atoms with E-state index in [4.69, 9.17) is 0 Å². The van der Waals surface area contributed by atoms with Crippen LogP contribution in [0.1, 0.15) is 31.9 Å². The number of hydrogen-bond acceptors (Lipinski definition) is 0. The van der Waals surface area contributed by atoms with E-state index in [1.54, 1.807) is 0 Å². The molecule has 0 aliphatic heterocycles. The van der Waals surface area contributed by atoms with Gasteiger partial charge in [-0.25, -0.2) is 0 Å². The quantitative estimate of drug-likeness (QED) is 0.655. The van der Waals surface area contributed by atoms with E-state index in [1.807, 2.05) is 0 Å². The second kappa shape index (κ2) is 4.39. The van der Waals surface area contributed by atoms with E-state index in [0.717, 1.165) is 0 Å². The van der Waals surface area contributed by atoms with Gasteiger partial charge < -0.3 is 0 Å². The molecule has 0 fully saturated rings. The molecule has 0 saturated carbocycles. The Morgan fingerprint density at radius 1 is 1.00 bits per heavy atom. The summed E-state index contributed by atoms with van der Waals surface area (Å²) in [5.74, 6) is 1.21. The molecule has 1 rings (SSSR count). The normalized spacial score (nSPS) is 12.1. The zero-order valence-electron chi connectivity index (χ0n) is 9.92. The minimum Gasteiger partial charge on any atom is -0.0581 e. The third-order valence-corrected chi connectivity index (χ3v) is 3.19. The average molecular weight is 209 g/mol. The lowest BCUT2D eigenvalue weighted by Crippen LogP contribution is -2.11. The molecule has 1 heteroatoms. The zero-order valence-corrected chi connectivity index (χ0v) is 10.7. The summed E-state index contributed by atoms with van der Waals surface area (Å²) < 4.78 is 0. The van der Waals surface area contributed by atoms with E-state index in [9.17, 15) is 0 Å². The highest BCUT2D eigenvalue weighted by molar-refractivity contribution is 7.94. The van der Waals surface area contributed by atoms with E-state index in [0.29, 0.717) is 10.9 Å². The van der Waals surface area contributed by atoms with Crippen LogP contribution < -0.4 is 0 Å². The van der Waals surface area contributed by atoms with Crippen molar-refractivity contribution in [1.82, 2.24) is 0 Å². The summed E-state index contributed by atoms with van der Waals surface area (Å²) >= 11 is 0. The van der Waals surface area contributed by atoms with Crippen molar-refractivity contribution in [3.8, 4) is 0 Å². The first kappa shape index (κ1) is 11.6. The maximum atomic E-state index is 2.29. The summed E-state index contributed by atoms with van der Waals surface area (Å²) in [6.45, 7) is 6.77. The summed E-state index contributed by atoms with van der Waals surface area (Å²) in [4.78, 5) is 0. The molecule has 0 spiro atoms. The minimum atomic E-state index is 0.276. The Morgan fingerprint density at radius 3 is 1.86 bits per heavy atom. The third kappa shape index (κ3) is 3.38. The first-order valence-corrected chi connectivity index (χ1v) is 7.24. The van der Waals surface area contributed by atoms with E-state index in [-0.39, 0.29) is 5.41 Å². The van der Waals surface area contributed by atoms with Gasteiger partial charge in [-0.3, -0.25) is 0 Å². The molecule has 0 bridgehead atoms. The minimum absolute atomic E-state index is 0.276. The Morgan fingerprint density at radius 2 is 1.50 bits per heavy atom. The van der Waals surface area contributed by atoms with Crippen LogP contribution in [0.5, 0.6) is 0 Å². The second-order valence-corrected chi connectivity index (χ2v) is 7.34. The summed E-state index contributed by atoms with van der Waals surface area (Å²) in [6.07, 6.45) is 4.58. The Labute approximate surface area is 91.1 Å². The molecule has 1 aromatic carbocycles. The molecule has 0 atom stereocenters. The van der Waals surface area contributed by atoms with E-state index in [2.05, 4.69) is 57.5 Å². The molecule has 0 amide bonds. The molecule has 0 unspecified atom stereocenters. The van der Waals surface area contributed by atoms with E-state index < -0.39 is 0 Å². The van der Waals surface area contributed by atoms with Crippen molar-refractivity contribution >= 4 is 10.9 Å². The predicted octanol–water partition coefficient (Wildman–Crippen LogP) is 3.36. The Hall–Kier alpha value is -0.430. The van der Waals surface area contributed by atoms with E-state index >= 15 is 0 Å². The van der Waals surface area contributed by atoms with Gasteiger partial charge in [0.1, 0.15) is 5.75 Å². The monoisotopic (exact) mass is 209 g/mol. The summed E-state index contributed by atoms with van der Waals surface area (Å²) in [7, 11) is 0.506. The molecule has 0 aliphatic rings. The largest absolute Gasteiger partial charge is 0.132 e. The first-order chi connectivity index (χ1) is 6.39. The highest BCUT2D eigenvalue weighted by Crippen LogP contribution is 2.22. The fraction of sp³-hybridized carbons (Fsp3) is 0.538. The average Bonchev–Trinajstić information content (AvgIpc) is 2.02. The van der Waals surface area contributed by atoms with Crippen LogP contribution in [0.15, 0.2) is 24.3 Å². The predicted molar refractivity (Wildman–Crippen MR) is 68.1 cm³/mol. The first-order valence-electron chi connectivity index (χ1n) is 5.03. The molecule has 1 aromatic rings. The van der Waals surface area contributed by atoms with Crippen LogP contribution in [-0.4, -0.2) is 12.5 Å². The van der Waals surface area contributed by atoms with Crippen LogP contribution >= 0.6 is 0 Å². The molecule has 0 N–H and O–H groups in total. The van der Waals surface area contributed by atoms with Gasteiger partial charge in [0.05, 0.1) is 12.5 Å². The standard InChI is InChI=1S/C13H21S/c1-13(2,3)12-8-6-11(7-9-12)10-14(4)5/h6-9H,10H2,1-5H3/q+1. The number of rotatable bonds is 2. The topological polar surface area (TPSA) is 0 Å². The summed E-state index contributed by atoms with van der Waals surface area (Å²) in [5, 5.41) is 0. The van der Waals surface area contributed by atoms with Gasteiger partial charge in [0.2, 0.25) is 0 Å². The van der Waals surface area contributed by atoms with Gasteiger partial charge in [-0.1, -0.05) is 45.0 Å². The van der Waals surface area contributed by atoms with Crippen LogP contribution in [0.25, 0.3) is 0 Å². The summed E-state index contributed by atoms with van der Waals surface area (Å²) in [5.41, 5.74) is 3.17. The molecule has 0 radical (unpaired) electrons. The maximum Gasteiger partial charge on any atom is 0.132 e. The molecule has 0 aliphatic carbocycles. The molecular formula is C13H21S+. The molecule has 0 heterocycles. The lowest BCUT2D eigenvalue weighted by molar-refractivity contribution is 0.590. The van der Waals surface area contributed by atoms with Crippen molar-refractivity contribution in [2.24, 2.45) is 0 Å².